The van der Waals surface area contributed by atoms with E-state index < -0.39 is 0 Å². The second-order valence-electron chi connectivity index (χ2n) is 4.12. The molecule has 0 aromatic rings. The first-order chi connectivity index (χ1) is 5.42. The molecule has 0 aromatic carbocycles. The average molecular weight is 278 g/mol. The Morgan fingerprint density at radius 3 is 1.62 bits per heavy atom. The molecular weight excluding hydrogens is 259 g/mol. The van der Waals surface area contributed by atoms with Gasteiger partial charge >= 0.3 is 87.9 Å². The minimum atomic E-state index is -0.250. The van der Waals surface area contributed by atoms with E-state index in [1.165, 1.54) is 0 Å². The average Bonchev–Trinajstić information content (AvgIpc) is 2.13. The quantitative estimate of drug-likeness (QED) is 0.674. The van der Waals surface area contributed by atoms with E-state index in [1.807, 2.05) is 0 Å². The second-order valence-corrected chi connectivity index (χ2v) is 6.58. The minimum absolute atomic E-state index is 0. The van der Waals surface area contributed by atoms with Crippen molar-refractivity contribution in [2.24, 2.45) is 5.41 Å². The van der Waals surface area contributed by atoms with Gasteiger partial charge in [-0.25, -0.2) is 0 Å². The van der Waals surface area contributed by atoms with Gasteiger partial charge in [-0.3, -0.25) is 0 Å². The standard InChI is InChI=1S/C10H15.CH3.ClH.Zr/c1-7-6-10(4,5)9(3)8(7)2;;;/h1-5H3;1H3;1H;. The summed E-state index contributed by atoms with van der Waals surface area (Å²) in [5.74, 6) is 0. The summed E-state index contributed by atoms with van der Waals surface area (Å²) in [5.41, 5.74) is 5.15. The number of hydrogen-bond donors (Lipinski definition) is 0. The molecule has 74 valence electrons. The second kappa shape index (κ2) is 4.45. The first-order valence-electron chi connectivity index (χ1n) is 4.50. The van der Waals surface area contributed by atoms with Gasteiger partial charge in [0.1, 0.15) is 0 Å². The van der Waals surface area contributed by atoms with Crippen molar-refractivity contribution in [3.8, 4) is 0 Å². The predicted molar refractivity (Wildman–Crippen MR) is 58.0 cm³/mol. The fourth-order valence-corrected chi connectivity index (χ4v) is 5.47. The van der Waals surface area contributed by atoms with Crippen molar-refractivity contribution < 1.29 is 23.2 Å². The summed E-state index contributed by atoms with van der Waals surface area (Å²) in [6, 6.07) is 0. The molecule has 0 bridgehead atoms. The zero-order chi connectivity index (χ0) is 9.52. The molecule has 0 aromatic heterocycles. The molecule has 1 aliphatic rings. The molecule has 1 rings (SSSR count). The fraction of sp³-hybridized carbons (Fsp3) is 0.636. The van der Waals surface area contributed by atoms with E-state index in [9.17, 15) is 0 Å². The van der Waals surface area contributed by atoms with Gasteiger partial charge in [-0.1, -0.05) is 0 Å². The van der Waals surface area contributed by atoms with Gasteiger partial charge < -0.3 is 0 Å². The van der Waals surface area contributed by atoms with Crippen molar-refractivity contribution in [1.82, 2.24) is 0 Å². The van der Waals surface area contributed by atoms with Crippen molar-refractivity contribution in [2.75, 3.05) is 0 Å². The summed E-state index contributed by atoms with van der Waals surface area (Å²) in [4.78, 5) is 0. The molecule has 0 saturated carbocycles. The Balaban J connectivity index is 0.00000144. The van der Waals surface area contributed by atoms with Crippen LogP contribution in [0.25, 0.3) is 0 Å². The van der Waals surface area contributed by atoms with Gasteiger partial charge in [-0.2, -0.15) is 0 Å². The molecule has 0 aliphatic heterocycles. The van der Waals surface area contributed by atoms with Gasteiger partial charge in [0.05, 0.1) is 0 Å². The summed E-state index contributed by atoms with van der Waals surface area (Å²) >= 11 is -0.250. The van der Waals surface area contributed by atoms with E-state index in [2.05, 4.69) is 39.3 Å². The Morgan fingerprint density at radius 2 is 1.46 bits per heavy atom. The van der Waals surface area contributed by atoms with Gasteiger partial charge in [-0.15, -0.1) is 12.4 Å². The normalized spacial score (nSPS) is 20.5. The third-order valence-electron chi connectivity index (χ3n) is 3.31. The van der Waals surface area contributed by atoms with Crippen LogP contribution in [0.1, 0.15) is 34.6 Å². The molecular formula is C11H19ClZr. The van der Waals surface area contributed by atoms with Gasteiger partial charge in [0, 0.05) is 0 Å². The summed E-state index contributed by atoms with van der Waals surface area (Å²) in [6.45, 7) is 11.6. The molecule has 0 N–H and O–H groups in total. The molecule has 13 heavy (non-hydrogen) atoms. The summed E-state index contributed by atoms with van der Waals surface area (Å²) < 4.78 is 4.22. The molecule has 0 saturated heterocycles. The van der Waals surface area contributed by atoms with E-state index in [-0.39, 0.29) is 35.6 Å². The molecule has 0 radical (unpaired) electrons. The number of allylic oxidation sites excluding steroid dienone is 4. The molecule has 0 nitrogen and oxygen atoms in total. The molecule has 0 amide bonds. The fourth-order valence-electron chi connectivity index (χ4n) is 2.09. The Morgan fingerprint density at radius 1 is 1.00 bits per heavy atom. The van der Waals surface area contributed by atoms with Crippen LogP contribution in [0.2, 0.25) is 4.63 Å². The van der Waals surface area contributed by atoms with Crippen LogP contribution in [0.15, 0.2) is 20.0 Å². The maximum absolute atomic E-state index is 2.43. The molecule has 2 heteroatoms. The number of hydrogen-bond acceptors (Lipinski definition) is 0. The summed E-state index contributed by atoms with van der Waals surface area (Å²) in [5, 5.41) is 0. The summed E-state index contributed by atoms with van der Waals surface area (Å²) in [7, 11) is 0. The molecule has 0 fully saturated rings. The third kappa shape index (κ3) is 2.02. The van der Waals surface area contributed by atoms with Crippen LogP contribution >= 0.6 is 12.4 Å². The zero-order valence-corrected chi connectivity index (χ0v) is 12.7. The van der Waals surface area contributed by atoms with E-state index >= 15 is 0 Å². The Kier molecular flexibility index (Phi) is 4.67. The number of halogens is 1. The first-order valence-corrected chi connectivity index (χ1v) is 8.19. The van der Waals surface area contributed by atoms with Crippen molar-refractivity contribution in [3.05, 3.63) is 20.0 Å². The Labute approximate surface area is 99.9 Å². The van der Waals surface area contributed by atoms with E-state index in [4.69, 9.17) is 0 Å². The van der Waals surface area contributed by atoms with E-state index in [1.54, 1.807) is 20.0 Å². The number of rotatable bonds is 1. The van der Waals surface area contributed by atoms with Crippen LogP contribution in [-0.4, -0.2) is 0 Å². The van der Waals surface area contributed by atoms with Crippen LogP contribution in [0.3, 0.4) is 0 Å². The maximum atomic E-state index is 2.43. The third-order valence-corrected chi connectivity index (χ3v) is 7.00. The van der Waals surface area contributed by atoms with Crippen molar-refractivity contribution in [3.63, 3.8) is 0 Å². The van der Waals surface area contributed by atoms with Crippen molar-refractivity contribution in [1.29, 1.82) is 0 Å². The molecule has 1 aliphatic carbocycles. The van der Waals surface area contributed by atoms with Crippen LogP contribution in [-0.2, 0) is 23.2 Å². The van der Waals surface area contributed by atoms with Crippen LogP contribution in [0, 0.1) is 5.41 Å². The Hall–Kier alpha value is 0.653. The van der Waals surface area contributed by atoms with Crippen LogP contribution in [0.4, 0.5) is 0 Å². The monoisotopic (exact) mass is 276 g/mol. The van der Waals surface area contributed by atoms with Gasteiger partial charge in [-0.05, 0) is 0 Å². The van der Waals surface area contributed by atoms with Gasteiger partial charge in [0.15, 0.2) is 0 Å². The predicted octanol–water partition coefficient (Wildman–Crippen LogP) is 4.19. The zero-order valence-electron chi connectivity index (χ0n) is 9.41. The molecule has 0 unspecified atom stereocenters. The van der Waals surface area contributed by atoms with Crippen LogP contribution in [0.5, 0.6) is 0 Å². The van der Waals surface area contributed by atoms with Crippen molar-refractivity contribution in [2.45, 2.75) is 39.3 Å². The van der Waals surface area contributed by atoms with Crippen LogP contribution < -0.4 is 0 Å². The van der Waals surface area contributed by atoms with Gasteiger partial charge in [0.25, 0.3) is 0 Å². The summed E-state index contributed by atoms with van der Waals surface area (Å²) in [6.07, 6.45) is 0. The molecule has 0 atom stereocenters. The first kappa shape index (κ1) is 13.7. The molecule has 0 spiro atoms. The Bertz CT molecular complexity index is 272. The molecule has 0 heterocycles. The topological polar surface area (TPSA) is 0 Å². The van der Waals surface area contributed by atoms with E-state index in [0.717, 1.165) is 0 Å². The van der Waals surface area contributed by atoms with Crippen molar-refractivity contribution >= 4 is 12.4 Å². The van der Waals surface area contributed by atoms with E-state index in [0.29, 0.717) is 5.41 Å². The van der Waals surface area contributed by atoms with Gasteiger partial charge in [0.2, 0.25) is 0 Å². The SMILES string of the molecule is Cl.[CH3][Zr][C]1=C(C)C(C)=C(C)C1(C)C.